The SMILES string of the molecule is CC(C)C(CS)CN(C)C(C)c1cccc(Cl)c1. The van der Waals surface area contributed by atoms with E-state index in [0.717, 1.165) is 17.3 Å². The number of hydrogen-bond acceptors (Lipinski definition) is 2. The second kappa shape index (κ2) is 7.42. The fourth-order valence-corrected chi connectivity index (χ4v) is 2.76. The third-order valence-corrected chi connectivity index (χ3v) is 4.40. The van der Waals surface area contributed by atoms with Crippen molar-refractivity contribution in [2.45, 2.75) is 26.8 Å². The van der Waals surface area contributed by atoms with Gasteiger partial charge in [-0.1, -0.05) is 37.6 Å². The van der Waals surface area contributed by atoms with Crippen molar-refractivity contribution in [1.82, 2.24) is 4.90 Å². The van der Waals surface area contributed by atoms with Crippen LogP contribution in [0.4, 0.5) is 0 Å². The van der Waals surface area contributed by atoms with E-state index < -0.39 is 0 Å². The molecular formula is C15H24ClNS. The van der Waals surface area contributed by atoms with Crippen molar-refractivity contribution < 1.29 is 0 Å². The summed E-state index contributed by atoms with van der Waals surface area (Å²) >= 11 is 10.5. The molecule has 0 spiro atoms. The molecule has 0 heterocycles. The van der Waals surface area contributed by atoms with Crippen molar-refractivity contribution in [3.63, 3.8) is 0 Å². The largest absolute Gasteiger partial charge is 0.299 e. The molecule has 0 saturated heterocycles. The summed E-state index contributed by atoms with van der Waals surface area (Å²) in [6.07, 6.45) is 0. The topological polar surface area (TPSA) is 3.24 Å². The van der Waals surface area contributed by atoms with E-state index in [4.69, 9.17) is 11.6 Å². The maximum Gasteiger partial charge on any atom is 0.0409 e. The van der Waals surface area contributed by atoms with Gasteiger partial charge >= 0.3 is 0 Å². The average Bonchev–Trinajstić information content (AvgIpc) is 2.34. The lowest BCUT2D eigenvalue weighted by atomic mass is 9.96. The summed E-state index contributed by atoms with van der Waals surface area (Å²) in [7, 11) is 2.17. The van der Waals surface area contributed by atoms with Crippen LogP contribution in [0.3, 0.4) is 0 Å². The molecule has 0 N–H and O–H groups in total. The first-order valence-electron chi connectivity index (χ1n) is 6.52. The summed E-state index contributed by atoms with van der Waals surface area (Å²) in [6.45, 7) is 7.81. The minimum Gasteiger partial charge on any atom is -0.299 e. The molecule has 0 saturated carbocycles. The van der Waals surface area contributed by atoms with Crippen molar-refractivity contribution in [2.75, 3.05) is 19.3 Å². The first-order chi connectivity index (χ1) is 8.45. The van der Waals surface area contributed by atoms with Crippen LogP contribution in [0.2, 0.25) is 5.02 Å². The van der Waals surface area contributed by atoms with Crippen LogP contribution in [0.15, 0.2) is 24.3 Å². The Hall–Kier alpha value is -0.180. The van der Waals surface area contributed by atoms with Crippen molar-refractivity contribution in [1.29, 1.82) is 0 Å². The smallest absolute Gasteiger partial charge is 0.0409 e. The lowest BCUT2D eigenvalue weighted by molar-refractivity contribution is 0.204. The highest BCUT2D eigenvalue weighted by atomic mass is 35.5. The molecule has 0 aromatic heterocycles. The van der Waals surface area contributed by atoms with Crippen LogP contribution in [0.1, 0.15) is 32.4 Å². The molecule has 102 valence electrons. The van der Waals surface area contributed by atoms with Gasteiger partial charge in [0.05, 0.1) is 0 Å². The lowest BCUT2D eigenvalue weighted by Crippen LogP contribution is -2.31. The first kappa shape index (κ1) is 15.9. The Morgan fingerprint density at radius 1 is 1.28 bits per heavy atom. The molecule has 3 heteroatoms. The Morgan fingerprint density at radius 2 is 1.94 bits per heavy atom. The van der Waals surface area contributed by atoms with Crippen LogP contribution in [-0.4, -0.2) is 24.2 Å². The molecule has 0 aliphatic carbocycles. The van der Waals surface area contributed by atoms with E-state index in [-0.39, 0.29) is 0 Å². The van der Waals surface area contributed by atoms with Crippen LogP contribution in [-0.2, 0) is 0 Å². The third kappa shape index (κ3) is 4.49. The van der Waals surface area contributed by atoms with Gasteiger partial charge in [-0.3, -0.25) is 4.90 Å². The molecule has 0 radical (unpaired) electrons. The van der Waals surface area contributed by atoms with Gasteiger partial charge in [0.15, 0.2) is 0 Å². The molecule has 1 nitrogen and oxygen atoms in total. The molecule has 0 amide bonds. The van der Waals surface area contributed by atoms with Gasteiger partial charge in [0.25, 0.3) is 0 Å². The zero-order valence-electron chi connectivity index (χ0n) is 11.7. The summed E-state index contributed by atoms with van der Waals surface area (Å²) in [5.41, 5.74) is 1.27. The van der Waals surface area contributed by atoms with E-state index in [2.05, 4.69) is 51.4 Å². The summed E-state index contributed by atoms with van der Waals surface area (Å²) in [5, 5.41) is 0.808. The minimum atomic E-state index is 0.379. The number of benzene rings is 1. The third-order valence-electron chi connectivity index (χ3n) is 3.69. The van der Waals surface area contributed by atoms with Crippen molar-refractivity contribution in [2.24, 2.45) is 11.8 Å². The average molecular weight is 286 g/mol. The van der Waals surface area contributed by atoms with Crippen molar-refractivity contribution in [3.8, 4) is 0 Å². The number of rotatable bonds is 6. The van der Waals surface area contributed by atoms with E-state index >= 15 is 0 Å². The van der Waals surface area contributed by atoms with Crippen LogP contribution < -0.4 is 0 Å². The summed E-state index contributed by atoms with van der Waals surface area (Å²) in [5.74, 6) is 2.22. The second-order valence-electron chi connectivity index (χ2n) is 5.36. The normalized spacial score (nSPS) is 15.1. The highest BCUT2D eigenvalue weighted by Gasteiger charge is 2.18. The van der Waals surface area contributed by atoms with Gasteiger partial charge in [-0.05, 0) is 49.3 Å². The Balaban J connectivity index is 2.69. The molecule has 2 atom stereocenters. The maximum absolute atomic E-state index is 6.05. The fourth-order valence-electron chi connectivity index (χ4n) is 2.03. The van der Waals surface area contributed by atoms with Crippen molar-refractivity contribution in [3.05, 3.63) is 34.9 Å². The number of thiol groups is 1. The first-order valence-corrected chi connectivity index (χ1v) is 7.53. The predicted octanol–water partition coefficient (Wildman–Crippen LogP) is 4.53. The fraction of sp³-hybridized carbons (Fsp3) is 0.600. The number of nitrogens with zero attached hydrogens (tertiary/aromatic N) is 1. The molecule has 1 aromatic carbocycles. The molecule has 1 rings (SSSR count). The molecule has 0 bridgehead atoms. The van der Waals surface area contributed by atoms with E-state index in [1.54, 1.807) is 0 Å². The highest BCUT2D eigenvalue weighted by Crippen LogP contribution is 2.24. The predicted molar refractivity (Wildman–Crippen MR) is 84.7 cm³/mol. The summed E-state index contributed by atoms with van der Waals surface area (Å²) in [4.78, 5) is 2.38. The molecule has 0 aliphatic rings. The second-order valence-corrected chi connectivity index (χ2v) is 6.16. The van der Waals surface area contributed by atoms with Gasteiger partial charge in [0.2, 0.25) is 0 Å². The van der Waals surface area contributed by atoms with E-state index in [1.807, 2.05) is 18.2 Å². The van der Waals surface area contributed by atoms with Gasteiger partial charge in [0.1, 0.15) is 0 Å². The zero-order chi connectivity index (χ0) is 13.7. The molecule has 2 unspecified atom stereocenters. The quantitative estimate of drug-likeness (QED) is 0.751. The zero-order valence-corrected chi connectivity index (χ0v) is 13.4. The monoisotopic (exact) mass is 285 g/mol. The Morgan fingerprint density at radius 3 is 2.44 bits per heavy atom. The molecule has 18 heavy (non-hydrogen) atoms. The van der Waals surface area contributed by atoms with Crippen LogP contribution in [0.5, 0.6) is 0 Å². The minimum absolute atomic E-state index is 0.379. The molecular weight excluding hydrogens is 262 g/mol. The van der Waals surface area contributed by atoms with Crippen molar-refractivity contribution >= 4 is 24.2 Å². The van der Waals surface area contributed by atoms with E-state index in [1.165, 1.54) is 5.56 Å². The Labute approximate surface area is 122 Å². The molecule has 0 fully saturated rings. The number of halogens is 1. The summed E-state index contributed by atoms with van der Waals surface area (Å²) < 4.78 is 0. The Kier molecular flexibility index (Phi) is 6.54. The van der Waals surface area contributed by atoms with Crippen LogP contribution in [0, 0.1) is 11.8 Å². The van der Waals surface area contributed by atoms with E-state index in [9.17, 15) is 0 Å². The molecule has 1 aromatic rings. The van der Waals surface area contributed by atoms with Crippen LogP contribution in [0.25, 0.3) is 0 Å². The summed E-state index contributed by atoms with van der Waals surface area (Å²) in [6, 6.07) is 8.50. The van der Waals surface area contributed by atoms with Crippen LogP contribution >= 0.6 is 24.2 Å². The standard InChI is InChI=1S/C15H24ClNS/c1-11(2)14(10-18)9-17(4)12(3)13-6-5-7-15(16)8-13/h5-8,11-12,14,18H,9-10H2,1-4H3. The molecule has 0 aliphatic heterocycles. The van der Waals surface area contributed by atoms with E-state index in [0.29, 0.717) is 17.9 Å². The van der Waals surface area contributed by atoms with Gasteiger partial charge in [-0.15, -0.1) is 0 Å². The van der Waals surface area contributed by atoms with Gasteiger partial charge in [-0.2, -0.15) is 12.6 Å². The highest BCUT2D eigenvalue weighted by molar-refractivity contribution is 7.80. The Bertz CT molecular complexity index is 367. The van der Waals surface area contributed by atoms with Gasteiger partial charge in [0, 0.05) is 17.6 Å². The van der Waals surface area contributed by atoms with Gasteiger partial charge < -0.3 is 0 Å². The number of hydrogen-bond donors (Lipinski definition) is 1. The van der Waals surface area contributed by atoms with Gasteiger partial charge in [-0.25, -0.2) is 0 Å². The maximum atomic E-state index is 6.05. The lowest BCUT2D eigenvalue weighted by Gasteiger charge is -2.30.